The lowest BCUT2D eigenvalue weighted by molar-refractivity contribution is -0.157. The van der Waals surface area contributed by atoms with E-state index in [0.29, 0.717) is 11.6 Å². The lowest BCUT2D eigenvalue weighted by Gasteiger charge is -2.53. The molecule has 4 rings (SSSR count). The third-order valence-electron chi connectivity index (χ3n) is 6.96. The summed E-state index contributed by atoms with van der Waals surface area (Å²) in [5, 5.41) is 33.5. The van der Waals surface area contributed by atoms with Crippen LogP contribution in [0.15, 0.2) is 10.3 Å². The van der Waals surface area contributed by atoms with Crippen LogP contribution >= 0.6 is 35.1 Å². The number of nitrogen functional groups attached to an aromatic ring is 1. The number of thioether (sulfide) groups is 2. The fourth-order valence-corrected chi connectivity index (χ4v) is 7.80. The number of hydrogen-bond acceptors (Lipinski definition) is 18. The summed E-state index contributed by atoms with van der Waals surface area (Å²) in [5.41, 5.74) is 2.76. The van der Waals surface area contributed by atoms with Gasteiger partial charge in [-0.3, -0.25) is 14.4 Å². The summed E-state index contributed by atoms with van der Waals surface area (Å²) in [6, 6.07) is -0.971. The number of nitrogens with two attached hydrogens (primary N) is 1. The van der Waals surface area contributed by atoms with Gasteiger partial charge in [0.15, 0.2) is 5.13 Å². The smallest absolute Gasteiger partial charge is 0.407 e. The van der Waals surface area contributed by atoms with E-state index in [4.69, 9.17) is 20.0 Å². The van der Waals surface area contributed by atoms with E-state index in [2.05, 4.69) is 46.0 Å². The quantitative estimate of drug-likeness (QED) is 0.0541. The van der Waals surface area contributed by atoms with Crippen molar-refractivity contribution in [2.75, 3.05) is 43.5 Å². The van der Waals surface area contributed by atoms with E-state index in [1.54, 1.807) is 41.5 Å². The normalized spacial score (nSPS) is 20.3. The standard InChI is InChI=1S/C28H42N12O9S3/c1-26(2,3)48-24(45)30-8-7-11-47-35-15(17-33-22(29)52-36-17)18(41)32-16-19(42)39-12-28(21(43)44,13-50-20(16)39)14-51-23-34-37-38-40(23)10-9-31-25(46)49-27(4,5)6/h16,20H,7-14H2,1-6H3,(H,30,45)(H,31,46)(H,32,41)(H,43,44)(H2,29,33,36)/t16?,20-,28?/m1/s1. The number of β-lactam (4-membered cyclic amide) rings is 1. The Morgan fingerprint density at radius 1 is 1.10 bits per heavy atom. The number of oxime groups is 1. The zero-order valence-corrected chi connectivity index (χ0v) is 31.9. The maximum Gasteiger partial charge on any atom is 0.407 e. The first-order chi connectivity index (χ1) is 24.4. The third kappa shape index (κ3) is 11.0. The van der Waals surface area contributed by atoms with Gasteiger partial charge in [-0.1, -0.05) is 16.9 Å². The van der Waals surface area contributed by atoms with Gasteiger partial charge in [-0.2, -0.15) is 9.36 Å². The topological polar surface area (TPSA) is 280 Å². The zero-order valence-electron chi connectivity index (χ0n) is 29.4. The highest BCUT2D eigenvalue weighted by Gasteiger charge is 2.57. The van der Waals surface area contributed by atoms with Gasteiger partial charge in [0.05, 0.1) is 6.54 Å². The predicted molar refractivity (Wildman–Crippen MR) is 188 cm³/mol. The molecule has 21 nitrogen and oxygen atoms in total. The number of hydrogen-bond donors (Lipinski definition) is 5. The summed E-state index contributed by atoms with van der Waals surface area (Å²) in [5.74, 6) is -2.29. The van der Waals surface area contributed by atoms with Crippen molar-refractivity contribution in [2.45, 2.75) is 82.3 Å². The van der Waals surface area contributed by atoms with Gasteiger partial charge in [0.1, 0.15) is 34.6 Å². The number of amides is 4. The first kappa shape index (κ1) is 40.3. The van der Waals surface area contributed by atoms with Crippen LogP contribution in [0.3, 0.4) is 0 Å². The average molecular weight is 787 g/mol. The summed E-state index contributed by atoms with van der Waals surface area (Å²) >= 11 is 3.18. The molecule has 2 aliphatic rings. The van der Waals surface area contributed by atoms with Gasteiger partial charge < -0.3 is 46.0 Å². The molecule has 4 heterocycles. The molecule has 0 radical (unpaired) electrons. The molecule has 2 aromatic rings. The van der Waals surface area contributed by atoms with Crippen molar-refractivity contribution in [3.63, 3.8) is 0 Å². The Bertz CT molecular complexity index is 1660. The minimum Gasteiger partial charge on any atom is -0.481 e. The van der Waals surface area contributed by atoms with E-state index in [1.807, 2.05) is 0 Å². The highest BCUT2D eigenvalue weighted by Crippen LogP contribution is 2.44. The summed E-state index contributed by atoms with van der Waals surface area (Å²) in [4.78, 5) is 73.7. The van der Waals surface area contributed by atoms with Crippen molar-refractivity contribution in [3.05, 3.63) is 5.82 Å². The number of rotatable bonds is 15. The Labute approximate surface area is 311 Å². The number of aromatic nitrogens is 6. The van der Waals surface area contributed by atoms with Crippen LogP contribution in [0.5, 0.6) is 0 Å². The second-order valence-electron chi connectivity index (χ2n) is 13.6. The molecular weight excluding hydrogens is 745 g/mol. The van der Waals surface area contributed by atoms with Crippen LogP contribution in [0, 0.1) is 5.41 Å². The molecular formula is C28H42N12O9S3. The highest BCUT2D eigenvalue weighted by atomic mass is 32.2. The second-order valence-corrected chi connectivity index (χ2v) is 16.4. The Morgan fingerprint density at radius 2 is 1.77 bits per heavy atom. The number of anilines is 1. The lowest BCUT2D eigenvalue weighted by atomic mass is 9.89. The Kier molecular flexibility index (Phi) is 13.1. The number of ether oxygens (including phenoxy) is 2. The van der Waals surface area contributed by atoms with Gasteiger partial charge in [0, 0.05) is 49.1 Å². The van der Waals surface area contributed by atoms with E-state index >= 15 is 0 Å². The van der Waals surface area contributed by atoms with Gasteiger partial charge in [-0.15, -0.1) is 16.9 Å². The largest absolute Gasteiger partial charge is 0.481 e. The van der Waals surface area contributed by atoms with E-state index in [1.165, 1.54) is 21.3 Å². The fraction of sp³-hybridized carbons (Fsp3) is 0.679. The van der Waals surface area contributed by atoms with Crippen molar-refractivity contribution in [1.29, 1.82) is 0 Å². The van der Waals surface area contributed by atoms with Crippen LogP contribution in [0.25, 0.3) is 0 Å². The number of carbonyl (C=O) groups excluding carboxylic acids is 4. The molecule has 24 heteroatoms. The molecule has 0 saturated carbocycles. The molecule has 2 aliphatic heterocycles. The molecule has 0 spiro atoms. The number of nitrogens with one attached hydrogen (secondary N) is 3. The van der Waals surface area contributed by atoms with Crippen molar-refractivity contribution >= 4 is 75.9 Å². The van der Waals surface area contributed by atoms with Crippen LogP contribution in [-0.2, 0) is 35.2 Å². The molecule has 2 unspecified atom stereocenters. The Hall–Kier alpha value is -4.45. The van der Waals surface area contributed by atoms with Crippen molar-refractivity contribution in [3.8, 4) is 0 Å². The molecule has 0 aromatic carbocycles. The van der Waals surface area contributed by atoms with Crippen molar-refractivity contribution in [2.24, 2.45) is 10.6 Å². The molecule has 52 heavy (non-hydrogen) atoms. The van der Waals surface area contributed by atoms with Crippen LogP contribution in [0.4, 0.5) is 14.7 Å². The third-order valence-corrected chi connectivity index (χ3v) is 10.3. The van der Waals surface area contributed by atoms with Gasteiger partial charge >= 0.3 is 18.2 Å². The summed E-state index contributed by atoms with van der Waals surface area (Å²) in [7, 11) is 0. The molecule has 286 valence electrons. The fourth-order valence-electron chi connectivity index (χ4n) is 4.60. The van der Waals surface area contributed by atoms with E-state index in [-0.39, 0.29) is 61.0 Å². The van der Waals surface area contributed by atoms with E-state index in [0.717, 1.165) is 23.3 Å². The number of fused-ring (bicyclic) bond motifs is 1. The van der Waals surface area contributed by atoms with Crippen molar-refractivity contribution in [1.82, 2.24) is 50.4 Å². The molecule has 3 atom stereocenters. The highest BCUT2D eigenvalue weighted by molar-refractivity contribution is 8.00. The Morgan fingerprint density at radius 3 is 2.38 bits per heavy atom. The lowest BCUT2D eigenvalue weighted by Crippen LogP contribution is -2.74. The number of carboxylic acid groups (broad SMARTS) is 1. The number of carboxylic acids is 1. The minimum atomic E-state index is -1.34. The average Bonchev–Trinajstić information content (AvgIpc) is 3.68. The Balaban J connectivity index is 1.31. The first-order valence-electron chi connectivity index (χ1n) is 16.0. The van der Waals surface area contributed by atoms with Crippen LogP contribution in [0.1, 0.15) is 53.8 Å². The number of aliphatic carboxylic acids is 1. The van der Waals surface area contributed by atoms with Gasteiger partial charge in [0.25, 0.3) is 5.91 Å². The number of carbonyl (C=O) groups is 5. The summed E-state index contributed by atoms with van der Waals surface area (Å²) in [6.45, 7) is 11.0. The molecule has 2 saturated heterocycles. The van der Waals surface area contributed by atoms with Gasteiger partial charge in [-0.25, -0.2) is 14.3 Å². The van der Waals surface area contributed by atoms with Crippen LogP contribution in [0.2, 0.25) is 0 Å². The van der Waals surface area contributed by atoms with E-state index < -0.39 is 58.0 Å². The first-order valence-corrected chi connectivity index (χ1v) is 18.8. The summed E-state index contributed by atoms with van der Waals surface area (Å²) < 4.78 is 15.9. The zero-order chi connectivity index (χ0) is 38.3. The maximum atomic E-state index is 13.4. The number of nitrogens with zero attached hydrogens (tertiary/aromatic N) is 8. The number of alkyl carbamates (subject to hydrolysis) is 2. The molecule has 4 amide bonds. The maximum absolute atomic E-state index is 13.4. The SMILES string of the molecule is CC(C)(C)OC(=O)NCCCON=C(C(=O)NC1C(=O)N2CC(CSc3nnnn3CCNC(=O)OC(C)(C)C)(C(=O)O)CS[C@H]12)c1nsc(N)n1. The molecule has 2 aromatic heterocycles. The van der Waals surface area contributed by atoms with Crippen LogP contribution < -0.4 is 21.7 Å². The van der Waals surface area contributed by atoms with Crippen LogP contribution in [-0.4, -0.2) is 136 Å². The predicted octanol–water partition coefficient (Wildman–Crippen LogP) is 0.530. The minimum absolute atomic E-state index is 0.0193. The van der Waals surface area contributed by atoms with Gasteiger partial charge in [0.2, 0.25) is 22.6 Å². The van der Waals surface area contributed by atoms with Gasteiger partial charge in [-0.05, 0) is 52.0 Å². The molecule has 0 aliphatic carbocycles. The monoisotopic (exact) mass is 786 g/mol. The van der Waals surface area contributed by atoms with E-state index in [9.17, 15) is 29.1 Å². The molecule has 2 fully saturated rings. The second kappa shape index (κ2) is 16.9. The molecule has 0 bridgehead atoms. The number of tetrazole rings is 1. The molecule has 6 N–H and O–H groups in total. The van der Waals surface area contributed by atoms with Crippen molar-refractivity contribution < 1.29 is 43.4 Å². The summed E-state index contributed by atoms with van der Waals surface area (Å²) in [6.07, 6.45) is -0.839.